The van der Waals surface area contributed by atoms with Crippen LogP contribution in [-0.2, 0) is 0 Å². The topological polar surface area (TPSA) is 61.9 Å². The molecule has 1 saturated heterocycles. The molecular formula is C19H20N4O. The Hall–Kier alpha value is -2.69. The summed E-state index contributed by atoms with van der Waals surface area (Å²) in [4.78, 5) is 14.8. The number of hydrogen-bond acceptors (Lipinski definition) is 3. The second-order valence-corrected chi connectivity index (χ2v) is 6.53. The number of fused-ring (bicyclic) bond motifs is 1. The van der Waals surface area contributed by atoms with Crippen LogP contribution in [0.1, 0.15) is 40.2 Å². The Kier molecular flexibility index (Phi) is 3.76. The van der Waals surface area contributed by atoms with Crippen molar-refractivity contribution >= 4 is 16.9 Å². The van der Waals surface area contributed by atoms with E-state index in [-0.39, 0.29) is 5.91 Å². The molecular weight excluding hydrogens is 300 g/mol. The number of hydrogen-bond donors (Lipinski definition) is 1. The Balaban J connectivity index is 1.55. The van der Waals surface area contributed by atoms with Gasteiger partial charge in [0.05, 0.1) is 0 Å². The van der Waals surface area contributed by atoms with E-state index in [0.29, 0.717) is 11.5 Å². The number of carbonyl (C=O) groups excluding carboxylic acids is 1. The monoisotopic (exact) mass is 320 g/mol. The second-order valence-electron chi connectivity index (χ2n) is 6.53. The maximum Gasteiger partial charge on any atom is 0.253 e. The van der Waals surface area contributed by atoms with Crippen LogP contribution < -0.4 is 0 Å². The van der Waals surface area contributed by atoms with Gasteiger partial charge in [0.15, 0.2) is 0 Å². The van der Waals surface area contributed by atoms with E-state index in [1.165, 1.54) is 11.1 Å². The number of aromatic nitrogens is 3. The third kappa shape index (κ3) is 2.77. The lowest BCUT2D eigenvalue weighted by atomic mass is 9.89. The molecule has 122 valence electrons. The number of likely N-dealkylation sites (tertiary alicyclic amines) is 1. The number of benzene rings is 2. The van der Waals surface area contributed by atoms with Crippen molar-refractivity contribution in [2.24, 2.45) is 0 Å². The minimum absolute atomic E-state index is 0.0808. The summed E-state index contributed by atoms with van der Waals surface area (Å²) in [7, 11) is 0. The number of aromatic amines is 1. The molecule has 0 bridgehead atoms. The lowest BCUT2D eigenvalue weighted by molar-refractivity contribution is 0.0707. The van der Waals surface area contributed by atoms with E-state index in [2.05, 4.69) is 46.6 Å². The van der Waals surface area contributed by atoms with Crippen LogP contribution in [0.25, 0.3) is 11.0 Å². The molecule has 1 aliphatic rings. The van der Waals surface area contributed by atoms with Crippen LogP contribution in [0.15, 0.2) is 42.5 Å². The number of amides is 1. The maximum atomic E-state index is 12.9. The van der Waals surface area contributed by atoms with Crippen molar-refractivity contribution in [2.75, 3.05) is 13.1 Å². The van der Waals surface area contributed by atoms with Gasteiger partial charge in [-0.3, -0.25) is 4.79 Å². The fourth-order valence-corrected chi connectivity index (χ4v) is 3.51. The van der Waals surface area contributed by atoms with Crippen LogP contribution in [0.3, 0.4) is 0 Å². The average molecular weight is 320 g/mol. The zero-order chi connectivity index (χ0) is 16.5. The van der Waals surface area contributed by atoms with Crippen LogP contribution in [0, 0.1) is 6.92 Å². The smallest absolute Gasteiger partial charge is 0.253 e. The lowest BCUT2D eigenvalue weighted by Gasteiger charge is -2.33. The van der Waals surface area contributed by atoms with Gasteiger partial charge in [0.2, 0.25) is 0 Å². The van der Waals surface area contributed by atoms with Crippen molar-refractivity contribution in [1.82, 2.24) is 20.3 Å². The Morgan fingerprint density at radius 3 is 2.92 bits per heavy atom. The van der Waals surface area contributed by atoms with E-state index in [9.17, 15) is 4.79 Å². The number of nitrogens with zero attached hydrogens (tertiary/aromatic N) is 3. The molecule has 1 amide bonds. The number of carbonyl (C=O) groups is 1. The summed E-state index contributed by atoms with van der Waals surface area (Å²) in [5.74, 6) is 0.496. The summed E-state index contributed by atoms with van der Waals surface area (Å²) in [6.07, 6.45) is 2.17. The summed E-state index contributed by atoms with van der Waals surface area (Å²) < 4.78 is 0. The highest BCUT2D eigenvalue weighted by Gasteiger charge is 2.25. The lowest BCUT2D eigenvalue weighted by Crippen LogP contribution is -2.39. The summed E-state index contributed by atoms with van der Waals surface area (Å²) in [5, 5.41) is 10.7. The largest absolute Gasteiger partial charge is 0.338 e. The number of piperidine rings is 1. The molecule has 1 atom stereocenters. The number of nitrogens with one attached hydrogen (secondary N) is 1. The first-order chi connectivity index (χ1) is 11.7. The molecule has 4 rings (SSSR count). The van der Waals surface area contributed by atoms with E-state index in [4.69, 9.17) is 0 Å². The van der Waals surface area contributed by atoms with E-state index < -0.39 is 0 Å². The number of rotatable bonds is 2. The third-order valence-electron chi connectivity index (χ3n) is 4.79. The summed E-state index contributed by atoms with van der Waals surface area (Å²) >= 11 is 0. The quantitative estimate of drug-likeness (QED) is 0.788. The fraction of sp³-hybridized carbons (Fsp3) is 0.316. The molecule has 1 aliphatic heterocycles. The molecule has 5 heteroatoms. The molecule has 24 heavy (non-hydrogen) atoms. The van der Waals surface area contributed by atoms with Crippen LogP contribution in [0.5, 0.6) is 0 Å². The van der Waals surface area contributed by atoms with Gasteiger partial charge in [-0.15, -0.1) is 0 Å². The molecule has 0 saturated carbocycles. The van der Waals surface area contributed by atoms with Crippen molar-refractivity contribution in [3.63, 3.8) is 0 Å². The van der Waals surface area contributed by atoms with Crippen molar-refractivity contribution < 1.29 is 4.79 Å². The minimum atomic E-state index is 0.0808. The standard InChI is InChI=1S/C19H20N4O/c1-13-4-2-5-14(10-13)16-6-3-9-23(12-16)19(24)15-7-8-17-18(11-15)21-22-20-17/h2,4-5,7-8,10-11,16H,3,6,9,12H2,1H3,(H,20,21,22). The van der Waals surface area contributed by atoms with Crippen molar-refractivity contribution in [3.8, 4) is 0 Å². The predicted octanol–water partition coefficient (Wildman–Crippen LogP) is 3.29. The van der Waals surface area contributed by atoms with Gasteiger partial charge in [0.25, 0.3) is 5.91 Å². The SMILES string of the molecule is Cc1cccc(C2CCCN(C(=O)c3ccc4n[nH]nc4c3)C2)c1. The molecule has 0 aliphatic carbocycles. The van der Waals surface area contributed by atoms with Crippen molar-refractivity contribution in [3.05, 3.63) is 59.2 Å². The summed E-state index contributed by atoms with van der Waals surface area (Å²) in [6.45, 7) is 3.71. The zero-order valence-corrected chi connectivity index (χ0v) is 13.7. The molecule has 2 aromatic carbocycles. The average Bonchev–Trinajstić information content (AvgIpc) is 3.09. The van der Waals surface area contributed by atoms with Crippen LogP contribution in [0.4, 0.5) is 0 Å². The molecule has 1 unspecified atom stereocenters. The number of H-pyrrole nitrogens is 1. The Morgan fingerprint density at radius 2 is 2.04 bits per heavy atom. The van der Waals surface area contributed by atoms with Gasteiger partial charge < -0.3 is 4.90 Å². The van der Waals surface area contributed by atoms with Gasteiger partial charge >= 0.3 is 0 Å². The molecule has 0 radical (unpaired) electrons. The summed E-state index contributed by atoms with van der Waals surface area (Å²) in [5.41, 5.74) is 4.80. The van der Waals surface area contributed by atoms with Gasteiger partial charge in [-0.1, -0.05) is 29.8 Å². The van der Waals surface area contributed by atoms with Crippen LogP contribution >= 0.6 is 0 Å². The van der Waals surface area contributed by atoms with Crippen LogP contribution in [0.2, 0.25) is 0 Å². The Labute approximate surface area is 140 Å². The molecule has 5 nitrogen and oxygen atoms in total. The normalized spacial score (nSPS) is 18.0. The molecule has 1 fully saturated rings. The zero-order valence-electron chi connectivity index (χ0n) is 13.7. The summed E-state index contributed by atoms with van der Waals surface area (Å²) in [6, 6.07) is 14.1. The molecule has 0 spiro atoms. The van der Waals surface area contributed by atoms with Gasteiger partial charge in [0.1, 0.15) is 11.0 Å². The molecule has 3 aromatic rings. The molecule has 1 aromatic heterocycles. The van der Waals surface area contributed by atoms with Gasteiger partial charge in [0, 0.05) is 24.6 Å². The molecule has 2 heterocycles. The first kappa shape index (κ1) is 14.9. The minimum Gasteiger partial charge on any atom is -0.338 e. The van der Waals surface area contributed by atoms with Gasteiger partial charge in [-0.05, 0) is 43.5 Å². The highest BCUT2D eigenvalue weighted by Crippen LogP contribution is 2.28. The van der Waals surface area contributed by atoms with Crippen molar-refractivity contribution in [2.45, 2.75) is 25.7 Å². The van der Waals surface area contributed by atoms with Crippen LogP contribution in [-0.4, -0.2) is 39.3 Å². The number of aryl methyl sites for hydroxylation is 1. The van der Waals surface area contributed by atoms with E-state index in [0.717, 1.165) is 37.0 Å². The molecule has 1 N–H and O–H groups in total. The first-order valence-electron chi connectivity index (χ1n) is 8.37. The Morgan fingerprint density at radius 1 is 1.17 bits per heavy atom. The second kappa shape index (κ2) is 6.07. The van der Waals surface area contributed by atoms with E-state index in [1.807, 2.05) is 23.1 Å². The van der Waals surface area contributed by atoms with E-state index >= 15 is 0 Å². The highest BCUT2D eigenvalue weighted by atomic mass is 16.2. The van der Waals surface area contributed by atoms with Gasteiger partial charge in [-0.2, -0.15) is 15.4 Å². The highest BCUT2D eigenvalue weighted by molar-refractivity contribution is 5.97. The fourth-order valence-electron chi connectivity index (χ4n) is 3.51. The van der Waals surface area contributed by atoms with Crippen molar-refractivity contribution in [1.29, 1.82) is 0 Å². The predicted molar refractivity (Wildman–Crippen MR) is 92.9 cm³/mol. The first-order valence-corrected chi connectivity index (χ1v) is 8.37. The third-order valence-corrected chi connectivity index (χ3v) is 4.79. The van der Waals surface area contributed by atoms with E-state index in [1.54, 1.807) is 0 Å². The van der Waals surface area contributed by atoms with Gasteiger partial charge in [-0.25, -0.2) is 0 Å². The maximum absolute atomic E-state index is 12.9. The Bertz CT molecular complexity index is 886.